The lowest BCUT2D eigenvalue weighted by Gasteiger charge is -2.33. The smallest absolute Gasteiger partial charge is 0.317 e. The minimum Gasteiger partial charge on any atom is -0.480 e. The molecular formula is C14H30N4O5. The summed E-state index contributed by atoms with van der Waals surface area (Å²) < 4.78 is 0. The van der Waals surface area contributed by atoms with Crippen LogP contribution < -0.4 is 10.6 Å². The maximum atomic E-state index is 10.8. The van der Waals surface area contributed by atoms with Crippen LogP contribution in [0.15, 0.2) is 0 Å². The summed E-state index contributed by atoms with van der Waals surface area (Å²) >= 11 is 0. The van der Waals surface area contributed by atoms with E-state index in [-0.39, 0.29) is 19.8 Å². The second-order valence-corrected chi connectivity index (χ2v) is 5.71. The molecule has 0 aliphatic carbocycles. The zero-order chi connectivity index (χ0) is 17.1. The molecule has 0 radical (unpaired) electrons. The first-order valence-electron chi connectivity index (χ1n) is 8.08. The number of nitrogens with zero attached hydrogens (tertiary/aromatic N) is 2. The van der Waals surface area contributed by atoms with Gasteiger partial charge in [0.25, 0.3) is 0 Å². The molecule has 0 amide bonds. The fraction of sp³-hybridized carbons (Fsp3) is 0.929. The molecule has 1 aliphatic rings. The van der Waals surface area contributed by atoms with E-state index in [4.69, 9.17) is 10.2 Å². The standard InChI is InChI=1S/C14H30N4O5/c19-10-12(13(21)11-20)18-7-3-15-1-5-17(9-14(22)23)6-2-16-4-8-18/h12-13,15-16,19-21H,1-11H2,(H,22,23)/t12-,13-/m0/s1. The maximum absolute atomic E-state index is 10.8. The minimum absolute atomic E-state index is 0.0325. The van der Waals surface area contributed by atoms with Crippen molar-refractivity contribution in [3.8, 4) is 0 Å². The van der Waals surface area contributed by atoms with Gasteiger partial charge in [0.2, 0.25) is 0 Å². The number of nitrogens with one attached hydrogen (secondary N) is 2. The Labute approximate surface area is 136 Å². The summed E-state index contributed by atoms with van der Waals surface area (Å²) in [5, 5.41) is 43.8. The van der Waals surface area contributed by atoms with Crippen LogP contribution in [0.1, 0.15) is 0 Å². The Kier molecular flexibility index (Phi) is 10.3. The maximum Gasteiger partial charge on any atom is 0.317 e. The van der Waals surface area contributed by atoms with Crippen molar-refractivity contribution in [1.82, 2.24) is 20.4 Å². The van der Waals surface area contributed by atoms with Crippen molar-refractivity contribution in [3.05, 3.63) is 0 Å². The van der Waals surface area contributed by atoms with Crippen LogP contribution in [0.2, 0.25) is 0 Å². The first-order valence-corrected chi connectivity index (χ1v) is 8.08. The van der Waals surface area contributed by atoms with Gasteiger partial charge in [-0.05, 0) is 0 Å². The summed E-state index contributed by atoms with van der Waals surface area (Å²) in [5.41, 5.74) is 0. The molecule has 1 aliphatic heterocycles. The summed E-state index contributed by atoms with van der Waals surface area (Å²) in [6, 6.07) is -0.491. The number of aliphatic hydroxyl groups excluding tert-OH is 3. The van der Waals surface area contributed by atoms with E-state index >= 15 is 0 Å². The molecule has 0 aromatic carbocycles. The SMILES string of the molecule is O=C(O)CN1CCNCCN([C@@H](CO)[C@@H](O)CO)CCNCC1. The van der Waals surface area contributed by atoms with Gasteiger partial charge in [-0.3, -0.25) is 14.6 Å². The van der Waals surface area contributed by atoms with E-state index in [0.717, 1.165) is 0 Å². The molecule has 0 aromatic heterocycles. The molecule has 1 saturated heterocycles. The van der Waals surface area contributed by atoms with E-state index in [1.807, 2.05) is 9.80 Å². The number of aliphatic carboxylic acids is 1. The fourth-order valence-electron chi connectivity index (χ4n) is 2.68. The van der Waals surface area contributed by atoms with E-state index in [9.17, 15) is 15.0 Å². The van der Waals surface area contributed by atoms with E-state index in [1.165, 1.54) is 0 Å². The highest BCUT2D eigenvalue weighted by Gasteiger charge is 2.24. The third-order valence-corrected chi connectivity index (χ3v) is 4.01. The zero-order valence-electron chi connectivity index (χ0n) is 13.5. The normalized spacial score (nSPS) is 22.7. The van der Waals surface area contributed by atoms with E-state index in [2.05, 4.69) is 10.6 Å². The van der Waals surface area contributed by atoms with Crippen LogP contribution in [-0.2, 0) is 4.79 Å². The third kappa shape index (κ3) is 8.02. The Hall–Kier alpha value is -0.810. The van der Waals surface area contributed by atoms with Gasteiger partial charge in [-0.1, -0.05) is 0 Å². The van der Waals surface area contributed by atoms with Crippen molar-refractivity contribution in [3.63, 3.8) is 0 Å². The molecule has 136 valence electrons. The molecule has 1 heterocycles. The van der Waals surface area contributed by atoms with Crippen LogP contribution in [0.5, 0.6) is 0 Å². The lowest BCUT2D eigenvalue weighted by atomic mass is 10.1. The molecule has 0 aromatic rings. The van der Waals surface area contributed by atoms with E-state index in [0.29, 0.717) is 52.4 Å². The number of hydrogen-bond donors (Lipinski definition) is 6. The van der Waals surface area contributed by atoms with Crippen molar-refractivity contribution in [2.24, 2.45) is 0 Å². The second-order valence-electron chi connectivity index (χ2n) is 5.71. The first-order chi connectivity index (χ1) is 11.1. The lowest BCUT2D eigenvalue weighted by molar-refractivity contribution is -0.138. The lowest BCUT2D eigenvalue weighted by Crippen LogP contribution is -2.52. The molecule has 0 bridgehead atoms. The number of carboxylic acid groups (broad SMARTS) is 1. The van der Waals surface area contributed by atoms with Crippen molar-refractivity contribution in [1.29, 1.82) is 0 Å². The molecule has 0 unspecified atom stereocenters. The highest BCUT2D eigenvalue weighted by molar-refractivity contribution is 5.69. The summed E-state index contributed by atoms with van der Waals surface area (Å²) in [4.78, 5) is 14.7. The quantitative estimate of drug-likeness (QED) is 0.294. The van der Waals surface area contributed by atoms with Crippen LogP contribution in [-0.4, -0.2) is 120 Å². The average molecular weight is 334 g/mol. The molecule has 2 atom stereocenters. The summed E-state index contributed by atoms with van der Waals surface area (Å²) in [5.74, 6) is -0.827. The molecule has 1 fully saturated rings. The van der Waals surface area contributed by atoms with Gasteiger partial charge in [-0.2, -0.15) is 0 Å². The van der Waals surface area contributed by atoms with E-state index < -0.39 is 18.1 Å². The van der Waals surface area contributed by atoms with Crippen molar-refractivity contribution >= 4 is 5.97 Å². The monoisotopic (exact) mass is 334 g/mol. The largest absolute Gasteiger partial charge is 0.480 e. The summed E-state index contributed by atoms with van der Waals surface area (Å²) in [7, 11) is 0. The van der Waals surface area contributed by atoms with Gasteiger partial charge in [0.1, 0.15) is 0 Å². The van der Waals surface area contributed by atoms with Gasteiger partial charge in [-0.15, -0.1) is 0 Å². The number of rotatable bonds is 6. The zero-order valence-corrected chi connectivity index (χ0v) is 13.5. The van der Waals surface area contributed by atoms with Crippen LogP contribution in [0, 0.1) is 0 Å². The second kappa shape index (κ2) is 11.7. The van der Waals surface area contributed by atoms with Gasteiger partial charge >= 0.3 is 5.97 Å². The Balaban J connectivity index is 2.52. The molecule has 9 heteroatoms. The highest BCUT2D eigenvalue weighted by atomic mass is 16.4. The number of carboxylic acids is 1. The minimum atomic E-state index is -0.973. The predicted octanol–water partition coefficient (Wildman–Crippen LogP) is -3.42. The fourth-order valence-corrected chi connectivity index (χ4v) is 2.68. The summed E-state index contributed by atoms with van der Waals surface area (Å²) in [6.07, 6.45) is -0.973. The summed E-state index contributed by atoms with van der Waals surface area (Å²) in [6.45, 7) is 4.66. The Morgan fingerprint density at radius 2 is 1.48 bits per heavy atom. The average Bonchev–Trinajstić information content (AvgIpc) is 2.51. The van der Waals surface area contributed by atoms with Gasteiger partial charge in [0.15, 0.2) is 0 Å². The van der Waals surface area contributed by atoms with Crippen molar-refractivity contribution < 1.29 is 25.2 Å². The Bertz CT molecular complexity index is 320. The number of aliphatic hydroxyl groups is 3. The number of hydrogen-bond acceptors (Lipinski definition) is 8. The molecule has 9 nitrogen and oxygen atoms in total. The van der Waals surface area contributed by atoms with Gasteiger partial charge in [-0.25, -0.2) is 0 Å². The van der Waals surface area contributed by atoms with Gasteiger partial charge in [0, 0.05) is 52.4 Å². The topological polar surface area (TPSA) is 129 Å². The molecule has 0 saturated carbocycles. The van der Waals surface area contributed by atoms with Crippen LogP contribution >= 0.6 is 0 Å². The molecule has 6 N–H and O–H groups in total. The Morgan fingerprint density at radius 3 is 1.91 bits per heavy atom. The van der Waals surface area contributed by atoms with Gasteiger partial charge in [0.05, 0.1) is 31.9 Å². The predicted molar refractivity (Wildman–Crippen MR) is 85.4 cm³/mol. The van der Waals surface area contributed by atoms with Gasteiger partial charge < -0.3 is 31.1 Å². The van der Waals surface area contributed by atoms with Crippen LogP contribution in [0.4, 0.5) is 0 Å². The van der Waals surface area contributed by atoms with E-state index in [1.54, 1.807) is 0 Å². The first kappa shape index (κ1) is 20.2. The molecule has 23 heavy (non-hydrogen) atoms. The molecule has 1 rings (SSSR count). The van der Waals surface area contributed by atoms with Crippen LogP contribution in [0.3, 0.4) is 0 Å². The van der Waals surface area contributed by atoms with Crippen LogP contribution in [0.25, 0.3) is 0 Å². The van der Waals surface area contributed by atoms with Crippen molar-refractivity contribution in [2.75, 3.05) is 72.1 Å². The van der Waals surface area contributed by atoms with Crippen molar-refractivity contribution in [2.45, 2.75) is 12.1 Å². The highest BCUT2D eigenvalue weighted by Crippen LogP contribution is 2.04. The third-order valence-electron chi connectivity index (χ3n) is 4.01. The number of carbonyl (C=O) groups is 1. The molecular weight excluding hydrogens is 304 g/mol. The Morgan fingerprint density at radius 1 is 0.957 bits per heavy atom. The molecule has 0 spiro atoms.